The van der Waals surface area contributed by atoms with Crippen molar-refractivity contribution in [1.82, 2.24) is 0 Å². The fraction of sp³-hybridized carbons (Fsp3) is 0.185. The largest absolute Gasteiger partial charge is 0.455 e. The van der Waals surface area contributed by atoms with Gasteiger partial charge in [-0.1, -0.05) is 61.5 Å². The van der Waals surface area contributed by atoms with Gasteiger partial charge < -0.3 is 9.07 Å². The van der Waals surface area contributed by atoms with Crippen molar-refractivity contribution in [2.75, 3.05) is 0 Å². The molecule has 0 fully saturated rings. The zero-order chi connectivity index (χ0) is 20.5. The Hall–Kier alpha value is -3.04. The van der Waals surface area contributed by atoms with E-state index >= 15 is 0 Å². The van der Waals surface area contributed by atoms with E-state index in [9.17, 15) is 0 Å². The molecule has 0 bridgehead atoms. The second-order valence-electron chi connectivity index (χ2n) is 8.87. The molecular weight excluding hydrogens is 367 g/mol. The average Bonchev–Trinajstić information content (AvgIpc) is 3.31. The predicted molar refractivity (Wildman–Crippen MR) is 128 cm³/mol. The third-order valence-corrected chi connectivity index (χ3v) is 6.68. The van der Waals surface area contributed by atoms with E-state index in [1.807, 2.05) is 6.07 Å². The average molecular weight is 390 g/mol. The molecule has 0 spiro atoms. The van der Waals surface area contributed by atoms with E-state index in [-0.39, 0.29) is 5.60 Å². The van der Waals surface area contributed by atoms with E-state index in [1.165, 1.54) is 49.3 Å². The minimum atomic E-state index is -0.126. The zero-order valence-corrected chi connectivity index (χ0v) is 17.6. The molecule has 0 N–H and O–H groups in total. The van der Waals surface area contributed by atoms with Gasteiger partial charge in [0.2, 0.25) is 0 Å². The van der Waals surface area contributed by atoms with Gasteiger partial charge in [0.15, 0.2) is 0 Å². The second-order valence-corrected chi connectivity index (χ2v) is 8.87. The molecule has 6 rings (SSSR count). The van der Waals surface area contributed by atoms with Crippen molar-refractivity contribution >= 4 is 45.7 Å². The van der Waals surface area contributed by atoms with E-state index in [4.69, 9.17) is 9.07 Å². The first kappa shape index (κ1) is 17.8. The number of furan rings is 1. The van der Waals surface area contributed by atoms with Crippen LogP contribution in [0.15, 0.2) is 71.1 Å². The summed E-state index contributed by atoms with van der Waals surface area (Å²) in [6.45, 7) is 6.49. The summed E-state index contributed by atoms with van der Waals surface area (Å²) in [5, 5.41) is 4.84. The smallest absolute Gasteiger partial charge is 0.309 e. The Morgan fingerprint density at radius 3 is 2.47 bits per heavy atom. The van der Waals surface area contributed by atoms with Gasteiger partial charge in [0, 0.05) is 27.1 Å². The molecule has 30 heavy (non-hydrogen) atoms. The van der Waals surface area contributed by atoms with Crippen LogP contribution in [-0.2, 0) is 4.65 Å². The van der Waals surface area contributed by atoms with Crippen LogP contribution in [0, 0.1) is 0 Å². The Bertz CT molecular complexity index is 1460. The molecule has 0 unspecified atom stereocenters. The standard InChI is InChI=1S/C27H23BO2/c1-4-27(2,3)30-28-22-13-8-10-17-20-15-21-16-9-5-6-14-23(16)29-26(21)19-12-7-11-18(24(19)20)25(17)22/h5-15,28H,4H2,1-3H3. The van der Waals surface area contributed by atoms with Gasteiger partial charge in [-0.15, -0.1) is 0 Å². The van der Waals surface area contributed by atoms with Crippen molar-refractivity contribution in [2.24, 2.45) is 0 Å². The van der Waals surface area contributed by atoms with Crippen molar-refractivity contribution in [1.29, 1.82) is 0 Å². The van der Waals surface area contributed by atoms with E-state index in [2.05, 4.69) is 81.4 Å². The lowest BCUT2D eigenvalue weighted by Gasteiger charge is -2.24. The molecule has 1 aliphatic rings. The molecule has 1 aliphatic carbocycles. The molecule has 1 heterocycles. The summed E-state index contributed by atoms with van der Waals surface area (Å²) in [6, 6.07) is 23.8. The fourth-order valence-electron chi connectivity index (χ4n) is 4.72. The van der Waals surface area contributed by atoms with Crippen LogP contribution in [0.2, 0.25) is 0 Å². The summed E-state index contributed by atoms with van der Waals surface area (Å²) in [4.78, 5) is 0. The number of hydrogen-bond acceptors (Lipinski definition) is 2. The summed E-state index contributed by atoms with van der Waals surface area (Å²) >= 11 is 0. The van der Waals surface area contributed by atoms with Crippen molar-refractivity contribution in [2.45, 2.75) is 32.8 Å². The molecule has 0 saturated heterocycles. The maximum Gasteiger partial charge on any atom is 0.309 e. The van der Waals surface area contributed by atoms with Gasteiger partial charge in [-0.3, -0.25) is 0 Å². The van der Waals surface area contributed by atoms with Crippen LogP contribution in [0.1, 0.15) is 27.2 Å². The number of benzene rings is 4. The fourth-order valence-corrected chi connectivity index (χ4v) is 4.72. The summed E-state index contributed by atoms with van der Waals surface area (Å²) in [5.41, 5.74) is 8.24. The topological polar surface area (TPSA) is 22.4 Å². The minimum Gasteiger partial charge on any atom is -0.455 e. The lowest BCUT2D eigenvalue weighted by molar-refractivity contribution is 0.114. The lowest BCUT2D eigenvalue weighted by atomic mass is 9.79. The van der Waals surface area contributed by atoms with Gasteiger partial charge in [-0.25, -0.2) is 0 Å². The van der Waals surface area contributed by atoms with Gasteiger partial charge in [0.25, 0.3) is 0 Å². The molecule has 0 radical (unpaired) electrons. The van der Waals surface area contributed by atoms with E-state index in [0.29, 0.717) is 7.48 Å². The lowest BCUT2D eigenvalue weighted by Crippen LogP contribution is -2.31. The van der Waals surface area contributed by atoms with Crippen LogP contribution in [0.5, 0.6) is 0 Å². The van der Waals surface area contributed by atoms with Gasteiger partial charge in [-0.2, -0.15) is 0 Å². The highest BCUT2D eigenvalue weighted by Gasteiger charge is 2.27. The molecular formula is C27H23BO2. The van der Waals surface area contributed by atoms with Gasteiger partial charge >= 0.3 is 7.48 Å². The predicted octanol–water partition coefficient (Wildman–Crippen LogP) is 6.57. The molecule has 5 aromatic rings. The molecule has 1 aromatic heterocycles. The number of hydrogen-bond donors (Lipinski definition) is 0. The van der Waals surface area contributed by atoms with Gasteiger partial charge in [-0.05, 0) is 60.1 Å². The first-order valence-corrected chi connectivity index (χ1v) is 10.7. The van der Waals surface area contributed by atoms with Gasteiger partial charge in [0.05, 0.1) is 0 Å². The third-order valence-electron chi connectivity index (χ3n) is 6.68. The monoisotopic (exact) mass is 390 g/mol. The molecule has 0 saturated carbocycles. The van der Waals surface area contributed by atoms with Crippen LogP contribution >= 0.6 is 0 Å². The maximum absolute atomic E-state index is 6.31. The number of fused-ring (bicyclic) bond motifs is 7. The normalized spacial score (nSPS) is 12.8. The Morgan fingerprint density at radius 2 is 1.60 bits per heavy atom. The highest BCUT2D eigenvalue weighted by Crippen LogP contribution is 2.49. The van der Waals surface area contributed by atoms with Crippen molar-refractivity contribution in [3.05, 3.63) is 66.7 Å². The summed E-state index contributed by atoms with van der Waals surface area (Å²) in [7, 11) is 0.618. The molecule has 146 valence electrons. The SMILES string of the molecule is CCC(C)(C)OBc1cccc2c1-c1cccc3c1c-2cc1c2ccccc2oc31. The Kier molecular flexibility index (Phi) is 3.69. The van der Waals surface area contributed by atoms with Crippen LogP contribution < -0.4 is 5.46 Å². The highest BCUT2D eigenvalue weighted by molar-refractivity contribution is 6.51. The van der Waals surface area contributed by atoms with Crippen molar-refractivity contribution in [3.63, 3.8) is 0 Å². The molecule has 0 aliphatic heterocycles. The van der Waals surface area contributed by atoms with E-state index in [1.54, 1.807) is 0 Å². The summed E-state index contributed by atoms with van der Waals surface area (Å²) < 4.78 is 12.6. The summed E-state index contributed by atoms with van der Waals surface area (Å²) in [5.74, 6) is 0. The first-order valence-electron chi connectivity index (χ1n) is 10.7. The highest BCUT2D eigenvalue weighted by atomic mass is 16.5. The molecule has 0 atom stereocenters. The van der Waals surface area contributed by atoms with E-state index < -0.39 is 0 Å². The van der Waals surface area contributed by atoms with Gasteiger partial charge in [0.1, 0.15) is 11.2 Å². The van der Waals surface area contributed by atoms with Crippen molar-refractivity contribution in [3.8, 4) is 22.3 Å². The Labute approximate surface area is 176 Å². The first-order chi connectivity index (χ1) is 14.6. The van der Waals surface area contributed by atoms with Crippen LogP contribution in [0.4, 0.5) is 0 Å². The Morgan fingerprint density at radius 1 is 0.833 bits per heavy atom. The Balaban J connectivity index is 1.63. The zero-order valence-electron chi connectivity index (χ0n) is 17.6. The van der Waals surface area contributed by atoms with Crippen LogP contribution in [0.25, 0.3) is 55.0 Å². The molecule has 2 nitrogen and oxygen atoms in total. The second kappa shape index (κ2) is 6.23. The third kappa shape index (κ3) is 2.42. The number of rotatable bonds is 4. The van der Waals surface area contributed by atoms with Crippen molar-refractivity contribution < 1.29 is 9.07 Å². The quantitative estimate of drug-likeness (QED) is 0.318. The van der Waals surface area contributed by atoms with Crippen LogP contribution in [0.3, 0.4) is 0 Å². The van der Waals surface area contributed by atoms with E-state index in [0.717, 1.165) is 17.6 Å². The minimum absolute atomic E-state index is 0.126. The van der Waals surface area contributed by atoms with Crippen LogP contribution in [-0.4, -0.2) is 13.1 Å². The number of para-hydroxylation sites is 1. The molecule has 0 amide bonds. The maximum atomic E-state index is 6.31. The molecule has 3 heteroatoms. The summed E-state index contributed by atoms with van der Waals surface area (Å²) in [6.07, 6.45) is 0.987. The molecule has 4 aromatic carbocycles.